The zero-order chi connectivity index (χ0) is 65.9. The van der Waals surface area contributed by atoms with E-state index in [0.29, 0.717) is 115 Å². The highest BCUT2D eigenvalue weighted by Crippen LogP contribution is 2.20. The molecule has 8 amide bonds. The Kier molecular flexibility index (Phi) is 31.3. The van der Waals surface area contributed by atoms with Crippen LogP contribution in [0.1, 0.15) is 159 Å². The summed E-state index contributed by atoms with van der Waals surface area (Å²) in [6, 6.07) is 39.0. The Bertz CT molecular complexity index is 2860. The molecule has 22 nitrogen and oxygen atoms in total. The van der Waals surface area contributed by atoms with Gasteiger partial charge in [-0.15, -0.1) is 5.06 Å². The Balaban J connectivity index is 0.000000198. The first kappa shape index (κ1) is 72.5. The van der Waals surface area contributed by atoms with Crippen LogP contribution in [0, 0.1) is 5.41 Å². The van der Waals surface area contributed by atoms with Crippen molar-refractivity contribution in [3.05, 3.63) is 144 Å². The minimum Gasteiger partial charge on any atom is -0.445 e. The monoisotopic (exact) mass is 1270 g/mol. The molecule has 0 bridgehead atoms. The van der Waals surface area contributed by atoms with Crippen LogP contribution in [0.25, 0.3) is 0 Å². The fourth-order valence-corrected chi connectivity index (χ4v) is 10.7. The van der Waals surface area contributed by atoms with Crippen LogP contribution in [0.5, 0.6) is 0 Å². The molecule has 22 heteroatoms. The zero-order valence-electron chi connectivity index (χ0n) is 54.0. The largest absolute Gasteiger partial charge is 0.445 e. The van der Waals surface area contributed by atoms with Gasteiger partial charge in [0.1, 0.15) is 32.2 Å². The number of imide groups is 1. The second-order valence-electron chi connectivity index (χ2n) is 24.7. The summed E-state index contributed by atoms with van der Waals surface area (Å²) in [7, 11) is 0. The molecule has 0 radical (unpaired) electrons. The standard InChI is InChI=1S/C20H25N3O6.C20H30N2O3.C15H22N2O2.C15H19NO3/c24-17-10-11-18(25)23(17)29-19(26)21-16-8-4-12-22(13-5-9-16)20(27)28-14-15-6-2-1-3-7-15;1-20(2,3)18(23)21-17-11-7-13-22(14-8-12-17)19(24)25-15-16-9-5-4-6-10-16;16-14-8-4-10-17(11-5-9-14)15(18)19-12-13-6-2-1-3-7-13;17-14-8-4-10-16(11-5-9-14)15(18)19-12-13-6-2-1-3-7-13/h1-3,6-7,16H,4-5,8-14H2,(H,21,26);4-6,9-10,17H,7-8,11-15H2,1-3H3,(H,21,23);1-3,6-7,14H,4-5,8-12,16H2;1-3,6-7H,4-5,8-12H2. The van der Waals surface area contributed by atoms with Gasteiger partial charge in [0.2, 0.25) is 5.91 Å². The van der Waals surface area contributed by atoms with Gasteiger partial charge in [-0.3, -0.25) is 19.2 Å². The predicted octanol–water partition coefficient (Wildman–Crippen LogP) is 11.4. The maximum atomic E-state index is 12.3. The van der Waals surface area contributed by atoms with E-state index in [1.54, 1.807) is 19.6 Å². The summed E-state index contributed by atoms with van der Waals surface area (Å²) in [6.45, 7) is 12.1. The summed E-state index contributed by atoms with van der Waals surface area (Å²) in [6.07, 6.45) is 11.0. The third kappa shape index (κ3) is 27.5. The average Bonchev–Trinajstić information content (AvgIpc) is 2.54. The van der Waals surface area contributed by atoms with Gasteiger partial charge in [0, 0.05) is 102 Å². The number of carbonyl (C=O) groups is 9. The molecule has 92 heavy (non-hydrogen) atoms. The fourth-order valence-electron chi connectivity index (χ4n) is 10.7. The summed E-state index contributed by atoms with van der Waals surface area (Å²) in [5, 5.41) is 6.38. The number of benzene rings is 4. The molecule has 0 spiro atoms. The topological polar surface area (TPSA) is 266 Å². The molecule has 0 atom stereocenters. The number of likely N-dealkylation sites (tertiary alicyclic amines) is 4. The number of hydroxylamine groups is 2. The van der Waals surface area contributed by atoms with Gasteiger partial charge < -0.3 is 59.8 Å². The van der Waals surface area contributed by atoms with Gasteiger partial charge in [-0.2, -0.15) is 0 Å². The molecule has 5 aliphatic heterocycles. The summed E-state index contributed by atoms with van der Waals surface area (Å²) in [5.41, 5.74) is 9.49. The number of Topliss-reactive ketones (excluding diaryl/α,β-unsaturated/α-hetero) is 1. The van der Waals surface area contributed by atoms with Gasteiger partial charge in [-0.05, 0) is 112 Å². The number of nitrogens with one attached hydrogen (secondary N) is 2. The number of nitrogens with two attached hydrogens (primary N) is 1. The lowest BCUT2D eigenvalue weighted by atomic mass is 9.94. The van der Waals surface area contributed by atoms with E-state index in [0.717, 1.165) is 99.6 Å². The molecule has 500 valence electrons. The van der Waals surface area contributed by atoms with Crippen molar-refractivity contribution in [1.82, 2.24) is 35.3 Å². The van der Waals surface area contributed by atoms with Crippen molar-refractivity contribution < 1.29 is 66.9 Å². The van der Waals surface area contributed by atoms with E-state index >= 15 is 0 Å². The third-order valence-corrected chi connectivity index (χ3v) is 16.1. The quantitative estimate of drug-likeness (QED) is 0.0931. The van der Waals surface area contributed by atoms with Crippen molar-refractivity contribution in [3.8, 4) is 0 Å². The van der Waals surface area contributed by atoms with E-state index in [-0.39, 0.29) is 67.2 Å². The lowest BCUT2D eigenvalue weighted by Gasteiger charge is -2.29. The lowest BCUT2D eigenvalue weighted by Crippen LogP contribution is -2.44. The van der Waals surface area contributed by atoms with Crippen molar-refractivity contribution in [1.29, 1.82) is 0 Å². The first-order valence-electron chi connectivity index (χ1n) is 32.6. The van der Waals surface area contributed by atoms with Crippen LogP contribution in [-0.2, 0) is 69.4 Å². The highest BCUT2D eigenvalue weighted by atomic mass is 16.7. The maximum absolute atomic E-state index is 12.3. The van der Waals surface area contributed by atoms with Crippen molar-refractivity contribution in [3.63, 3.8) is 0 Å². The molecule has 5 heterocycles. The summed E-state index contributed by atoms with van der Waals surface area (Å²) >= 11 is 0. The highest BCUT2D eigenvalue weighted by Gasteiger charge is 2.34. The van der Waals surface area contributed by atoms with Crippen LogP contribution in [-0.4, -0.2) is 149 Å². The van der Waals surface area contributed by atoms with Crippen LogP contribution in [0.4, 0.5) is 24.0 Å². The average molecular weight is 1270 g/mol. The SMILES string of the molecule is CC(C)(C)C(=O)NC1CCCN(C(=O)OCc2ccccc2)CCC1.NC1CCCN(C(=O)OCc2ccccc2)CCC1.O=C(NC1CCCN(C(=O)OCc2ccccc2)CCC1)ON1C(=O)CCC1=O.O=C1CCCN(C(=O)OCc2ccccc2)CCC1. The molecule has 0 saturated carbocycles. The molecular formula is C70H96N8O14. The second kappa shape index (κ2) is 39.7. The normalized spacial score (nSPS) is 17.3. The molecule has 5 aliphatic rings. The van der Waals surface area contributed by atoms with E-state index in [1.165, 1.54) is 0 Å². The summed E-state index contributed by atoms with van der Waals surface area (Å²) in [4.78, 5) is 119. The first-order valence-corrected chi connectivity index (χ1v) is 32.6. The molecule has 9 rings (SSSR count). The Hall–Kier alpha value is -8.53. The molecule has 0 aromatic heterocycles. The Morgan fingerprint density at radius 3 is 1.00 bits per heavy atom. The molecule has 0 unspecified atom stereocenters. The number of rotatable bonds is 11. The maximum Gasteiger partial charge on any atom is 0.432 e. The number of nitrogens with zero attached hydrogens (tertiary/aromatic N) is 5. The van der Waals surface area contributed by atoms with Crippen LogP contribution in [0.15, 0.2) is 121 Å². The number of ketones is 1. The van der Waals surface area contributed by atoms with Crippen molar-refractivity contribution in [2.24, 2.45) is 11.1 Å². The van der Waals surface area contributed by atoms with Gasteiger partial charge in [-0.1, -0.05) is 142 Å². The molecule has 0 aliphatic carbocycles. The number of hydrogen-bond donors (Lipinski definition) is 3. The zero-order valence-corrected chi connectivity index (χ0v) is 54.0. The highest BCUT2D eigenvalue weighted by molar-refractivity contribution is 6.01. The van der Waals surface area contributed by atoms with E-state index in [2.05, 4.69) is 10.6 Å². The Labute approximate surface area is 542 Å². The molecule has 4 aromatic carbocycles. The molecule has 5 fully saturated rings. The van der Waals surface area contributed by atoms with Crippen LogP contribution < -0.4 is 16.4 Å². The van der Waals surface area contributed by atoms with Gasteiger partial charge in [0.05, 0.1) is 0 Å². The number of carbonyl (C=O) groups excluding carboxylic acids is 9. The van der Waals surface area contributed by atoms with Crippen LogP contribution >= 0.6 is 0 Å². The van der Waals surface area contributed by atoms with E-state index in [1.807, 2.05) is 142 Å². The summed E-state index contributed by atoms with van der Waals surface area (Å²) < 4.78 is 21.4. The minimum atomic E-state index is -0.807. The van der Waals surface area contributed by atoms with Gasteiger partial charge >= 0.3 is 30.5 Å². The molecule has 5 saturated heterocycles. The number of hydrogen-bond acceptors (Lipinski definition) is 15. The minimum absolute atomic E-state index is 0.0613. The van der Waals surface area contributed by atoms with Crippen molar-refractivity contribution >= 4 is 54.0 Å². The van der Waals surface area contributed by atoms with E-state index in [9.17, 15) is 43.2 Å². The van der Waals surface area contributed by atoms with Crippen molar-refractivity contribution in [2.75, 3.05) is 52.4 Å². The molecule has 4 aromatic rings. The van der Waals surface area contributed by atoms with E-state index in [4.69, 9.17) is 29.5 Å². The van der Waals surface area contributed by atoms with Gasteiger partial charge in [0.15, 0.2) is 0 Å². The Morgan fingerprint density at radius 2 is 0.696 bits per heavy atom. The molecule has 4 N–H and O–H groups in total. The van der Waals surface area contributed by atoms with Gasteiger partial charge in [-0.25, -0.2) is 24.0 Å². The van der Waals surface area contributed by atoms with Crippen LogP contribution in [0.3, 0.4) is 0 Å². The smallest absolute Gasteiger partial charge is 0.432 e. The lowest BCUT2D eigenvalue weighted by molar-refractivity contribution is -0.171. The second-order valence-corrected chi connectivity index (χ2v) is 24.7. The van der Waals surface area contributed by atoms with Gasteiger partial charge in [0.25, 0.3) is 11.8 Å². The van der Waals surface area contributed by atoms with E-state index < -0.39 is 17.9 Å². The van der Waals surface area contributed by atoms with Crippen LogP contribution in [0.2, 0.25) is 0 Å². The predicted molar refractivity (Wildman–Crippen MR) is 346 cm³/mol. The number of amides is 8. The Morgan fingerprint density at radius 1 is 0.413 bits per heavy atom. The van der Waals surface area contributed by atoms with Crippen molar-refractivity contribution in [2.45, 2.75) is 181 Å². The molecular weight excluding hydrogens is 1180 g/mol. The summed E-state index contributed by atoms with van der Waals surface area (Å²) in [5.74, 6) is -0.616. The first-order chi connectivity index (χ1) is 44.4. The third-order valence-electron chi connectivity index (χ3n) is 16.1. The number of ether oxygens (including phenoxy) is 4. The fraction of sp³-hybridized carbons (Fsp3) is 0.529.